The molecular weight excluding hydrogens is 432 g/mol. The second kappa shape index (κ2) is 9.88. The third kappa shape index (κ3) is 5.69. The van der Waals surface area contributed by atoms with E-state index in [9.17, 15) is 13.6 Å². The second-order valence-electron chi connectivity index (χ2n) is 6.89. The molecule has 3 aromatic carbocycles. The van der Waals surface area contributed by atoms with E-state index in [1.165, 1.54) is 6.07 Å². The number of hydrogen-bond acceptors (Lipinski definition) is 6. The number of aliphatic hydroxyl groups is 1. The summed E-state index contributed by atoms with van der Waals surface area (Å²) in [7, 11) is 0. The number of carbonyl (C=O) groups is 1. The third-order valence-electron chi connectivity index (χ3n) is 4.44. The van der Waals surface area contributed by atoms with Crippen molar-refractivity contribution in [2.75, 3.05) is 29.1 Å². The first-order valence-electron chi connectivity index (χ1n) is 9.93. The highest BCUT2D eigenvalue weighted by Crippen LogP contribution is 2.27. The maximum atomic E-state index is 13.3. The molecule has 0 aliphatic rings. The zero-order valence-electron chi connectivity index (χ0n) is 17.2. The summed E-state index contributed by atoms with van der Waals surface area (Å²) in [6.07, 6.45) is 1.58. The van der Waals surface area contributed by atoms with Gasteiger partial charge in [-0.3, -0.25) is 4.98 Å². The van der Waals surface area contributed by atoms with E-state index in [4.69, 9.17) is 9.84 Å². The Morgan fingerprint density at radius 1 is 0.909 bits per heavy atom. The normalized spacial score (nSPS) is 10.6. The summed E-state index contributed by atoms with van der Waals surface area (Å²) in [6, 6.07) is 14.4. The molecule has 0 saturated heterocycles. The Hall–Kier alpha value is -4.31. The van der Waals surface area contributed by atoms with Crippen molar-refractivity contribution in [3.05, 3.63) is 78.5 Å². The summed E-state index contributed by atoms with van der Waals surface area (Å²) in [4.78, 5) is 20.9. The average molecular weight is 451 g/mol. The van der Waals surface area contributed by atoms with E-state index < -0.39 is 17.7 Å². The van der Waals surface area contributed by atoms with Crippen LogP contribution in [0.2, 0.25) is 0 Å². The molecule has 0 unspecified atom stereocenters. The molecule has 4 N–H and O–H groups in total. The highest BCUT2D eigenvalue weighted by atomic mass is 19.2. The molecule has 0 spiro atoms. The number of nitrogens with one attached hydrogen (secondary N) is 3. The van der Waals surface area contributed by atoms with Crippen LogP contribution in [0.1, 0.15) is 0 Å². The van der Waals surface area contributed by atoms with Gasteiger partial charge in [0, 0.05) is 36.1 Å². The van der Waals surface area contributed by atoms with E-state index in [0.717, 1.165) is 12.1 Å². The predicted octanol–water partition coefficient (Wildman–Crippen LogP) is 4.75. The molecular formula is C23H19F2N5O3. The van der Waals surface area contributed by atoms with Gasteiger partial charge < -0.3 is 25.8 Å². The lowest BCUT2D eigenvalue weighted by Crippen LogP contribution is -2.19. The van der Waals surface area contributed by atoms with E-state index in [2.05, 4.69) is 25.9 Å². The maximum absolute atomic E-state index is 13.3. The van der Waals surface area contributed by atoms with Crippen molar-refractivity contribution in [2.45, 2.75) is 0 Å². The first-order chi connectivity index (χ1) is 16.0. The summed E-state index contributed by atoms with van der Waals surface area (Å²) in [5, 5.41) is 16.9. The zero-order chi connectivity index (χ0) is 23.2. The lowest BCUT2D eigenvalue weighted by Gasteiger charge is -2.11. The Labute approximate surface area is 187 Å². The van der Waals surface area contributed by atoms with Crippen LogP contribution in [0.25, 0.3) is 11.0 Å². The van der Waals surface area contributed by atoms with Crippen molar-refractivity contribution in [3.63, 3.8) is 0 Å². The number of ether oxygens (including phenoxy) is 1. The smallest absolute Gasteiger partial charge is 0.323 e. The maximum Gasteiger partial charge on any atom is 0.323 e. The SMILES string of the molecule is O=C(Nc1cccc(Oc2ccc3ncc(NCCO)nc3c2)c1)Nc1ccc(F)c(F)c1. The quantitative estimate of drug-likeness (QED) is 0.323. The Morgan fingerprint density at radius 3 is 2.48 bits per heavy atom. The standard InChI is InChI=1S/C23H19F2N5O3/c24-18-6-4-15(11-19(18)25)29-23(32)28-14-2-1-3-16(10-14)33-17-5-7-20-21(12-17)30-22(13-27-20)26-8-9-31/h1-7,10-13,31H,8-9H2,(H,26,30)(H2,28,29,32). The van der Waals surface area contributed by atoms with Gasteiger partial charge in [-0.2, -0.15) is 0 Å². The van der Waals surface area contributed by atoms with Crippen LogP contribution < -0.4 is 20.7 Å². The number of urea groups is 1. The second-order valence-corrected chi connectivity index (χ2v) is 6.89. The van der Waals surface area contributed by atoms with Gasteiger partial charge in [-0.15, -0.1) is 0 Å². The fourth-order valence-corrected chi connectivity index (χ4v) is 2.96. The van der Waals surface area contributed by atoms with Crippen molar-refractivity contribution >= 4 is 34.3 Å². The van der Waals surface area contributed by atoms with Crippen LogP contribution in [-0.4, -0.2) is 34.3 Å². The van der Waals surface area contributed by atoms with Gasteiger partial charge in [0.2, 0.25) is 0 Å². The first-order valence-corrected chi connectivity index (χ1v) is 9.93. The summed E-state index contributed by atoms with van der Waals surface area (Å²) in [5.41, 5.74) is 1.84. The molecule has 0 radical (unpaired) electrons. The average Bonchev–Trinajstić information content (AvgIpc) is 2.80. The van der Waals surface area contributed by atoms with Gasteiger partial charge >= 0.3 is 6.03 Å². The fraction of sp³-hybridized carbons (Fsp3) is 0.0870. The number of anilines is 3. The Kier molecular flexibility index (Phi) is 6.56. The van der Waals surface area contributed by atoms with E-state index in [0.29, 0.717) is 40.6 Å². The van der Waals surface area contributed by atoms with E-state index >= 15 is 0 Å². The molecule has 0 fully saturated rings. The molecule has 8 nitrogen and oxygen atoms in total. The topological polar surface area (TPSA) is 108 Å². The van der Waals surface area contributed by atoms with Gasteiger partial charge in [0.1, 0.15) is 17.3 Å². The fourth-order valence-electron chi connectivity index (χ4n) is 2.96. The van der Waals surface area contributed by atoms with Crippen LogP contribution in [0.3, 0.4) is 0 Å². The largest absolute Gasteiger partial charge is 0.457 e. The van der Waals surface area contributed by atoms with Crippen LogP contribution in [-0.2, 0) is 0 Å². The molecule has 1 heterocycles. The zero-order valence-corrected chi connectivity index (χ0v) is 17.2. The van der Waals surface area contributed by atoms with Crippen molar-refractivity contribution in [1.82, 2.24) is 9.97 Å². The number of aromatic nitrogens is 2. The molecule has 0 aliphatic carbocycles. The minimum atomic E-state index is -1.06. The highest BCUT2D eigenvalue weighted by molar-refractivity contribution is 5.99. The van der Waals surface area contributed by atoms with Crippen molar-refractivity contribution in [3.8, 4) is 11.5 Å². The number of hydrogen-bond donors (Lipinski definition) is 4. The molecule has 0 aliphatic heterocycles. The molecule has 33 heavy (non-hydrogen) atoms. The number of aliphatic hydroxyl groups excluding tert-OH is 1. The number of amides is 2. The highest BCUT2D eigenvalue weighted by Gasteiger charge is 2.08. The number of benzene rings is 3. The number of rotatable bonds is 7. The van der Waals surface area contributed by atoms with Gasteiger partial charge in [-0.05, 0) is 36.4 Å². The molecule has 4 aromatic rings. The number of nitrogens with zero attached hydrogens (tertiary/aromatic N) is 2. The molecule has 168 valence electrons. The lowest BCUT2D eigenvalue weighted by molar-refractivity contribution is 0.262. The van der Waals surface area contributed by atoms with Crippen molar-refractivity contribution in [1.29, 1.82) is 0 Å². The van der Waals surface area contributed by atoms with Gasteiger partial charge in [0.15, 0.2) is 11.6 Å². The van der Waals surface area contributed by atoms with Gasteiger partial charge in [-0.1, -0.05) is 6.07 Å². The van der Waals surface area contributed by atoms with Crippen molar-refractivity contribution in [2.24, 2.45) is 0 Å². The molecule has 0 atom stereocenters. The van der Waals surface area contributed by atoms with Crippen LogP contribution in [0.4, 0.5) is 30.8 Å². The summed E-state index contributed by atoms with van der Waals surface area (Å²) in [5.74, 6) is -0.545. The van der Waals surface area contributed by atoms with Crippen molar-refractivity contribution < 1.29 is 23.4 Å². The number of carbonyl (C=O) groups excluding carboxylic acids is 1. The summed E-state index contributed by atoms with van der Waals surface area (Å²) >= 11 is 0. The van der Waals surface area contributed by atoms with Gasteiger partial charge in [0.05, 0.1) is 23.8 Å². The van der Waals surface area contributed by atoms with E-state index in [1.807, 2.05) is 0 Å². The molecule has 4 rings (SSSR count). The van der Waals surface area contributed by atoms with Crippen LogP contribution >= 0.6 is 0 Å². The minimum absolute atomic E-state index is 0.0218. The van der Waals surface area contributed by atoms with Crippen LogP contribution in [0.15, 0.2) is 66.9 Å². The Bertz CT molecular complexity index is 1300. The van der Waals surface area contributed by atoms with Gasteiger partial charge in [0.25, 0.3) is 0 Å². The minimum Gasteiger partial charge on any atom is -0.457 e. The lowest BCUT2D eigenvalue weighted by atomic mass is 10.2. The number of fused-ring (bicyclic) bond motifs is 1. The predicted molar refractivity (Wildman–Crippen MR) is 121 cm³/mol. The van der Waals surface area contributed by atoms with E-state index in [1.54, 1.807) is 48.7 Å². The van der Waals surface area contributed by atoms with Gasteiger partial charge in [-0.25, -0.2) is 18.6 Å². The van der Waals surface area contributed by atoms with E-state index in [-0.39, 0.29) is 12.3 Å². The number of halogens is 2. The molecule has 2 amide bonds. The molecule has 0 saturated carbocycles. The third-order valence-corrected chi connectivity index (χ3v) is 4.44. The summed E-state index contributed by atoms with van der Waals surface area (Å²) in [6.45, 7) is 0.339. The Morgan fingerprint density at radius 2 is 1.70 bits per heavy atom. The monoisotopic (exact) mass is 451 g/mol. The molecule has 0 bridgehead atoms. The summed E-state index contributed by atoms with van der Waals surface area (Å²) < 4.78 is 32.2. The van der Waals surface area contributed by atoms with Crippen LogP contribution in [0, 0.1) is 11.6 Å². The molecule has 10 heteroatoms. The Balaban J connectivity index is 1.44. The first kappa shape index (κ1) is 21.9. The molecule has 1 aromatic heterocycles. The van der Waals surface area contributed by atoms with Crippen LogP contribution in [0.5, 0.6) is 11.5 Å².